The Morgan fingerprint density at radius 3 is 2.40 bits per heavy atom. The van der Waals surface area contributed by atoms with E-state index >= 15 is 0 Å². The Labute approximate surface area is 330 Å². The second-order valence-electron chi connectivity index (χ2n) is 21.3. The molecule has 304 valence electrons. The molecule has 3 saturated carbocycles. The molecule has 7 rings (SSSR count). The molecule has 1 saturated heterocycles. The van der Waals surface area contributed by atoms with E-state index in [-0.39, 0.29) is 50.6 Å². The topological polar surface area (TPSA) is 138 Å². The normalized spacial score (nSPS) is 41.7. The maximum atomic E-state index is 13.8. The van der Waals surface area contributed by atoms with Crippen LogP contribution in [-0.4, -0.2) is 67.3 Å². The molecule has 0 unspecified atom stereocenters. The average Bonchev–Trinajstić information content (AvgIpc) is 3.61. The quantitative estimate of drug-likeness (QED) is 0.240. The lowest BCUT2D eigenvalue weighted by Crippen LogP contribution is -2.73. The standard InChI is InChI=1S/C45H70N6O4/c1-13-44-18-15-31-30(40(44,9)20-19-39(8,29(4)28(2)3)34(44)37(52)53)14-17-42(11)41(10)23-54-25-45(31,42)22-33(35(41)55-24-43(12,46)38(5,6)7)51-36(49-27-50-51)32-16-21-47-26-48-32/h15-16,21,26-30,33-35H,13-14,17-20,22-25,46H2,1-12H3,(H,52,53)/t29-,30+,33-,34-,35+,39-,40-,41-,42+,43+,44+,45+/m1/s1. The van der Waals surface area contributed by atoms with Crippen LogP contribution in [0.15, 0.2) is 36.6 Å². The summed E-state index contributed by atoms with van der Waals surface area (Å²) in [5, 5.41) is 16.3. The lowest BCUT2D eigenvalue weighted by molar-refractivity contribution is -0.293. The van der Waals surface area contributed by atoms with E-state index in [0.717, 1.165) is 50.6 Å². The minimum atomic E-state index is -0.615. The van der Waals surface area contributed by atoms with Crippen molar-refractivity contribution in [2.24, 2.45) is 67.3 Å². The van der Waals surface area contributed by atoms with E-state index < -0.39 is 22.8 Å². The summed E-state index contributed by atoms with van der Waals surface area (Å²) in [4.78, 5) is 27.4. The van der Waals surface area contributed by atoms with E-state index in [1.807, 2.05) is 6.07 Å². The zero-order valence-electron chi connectivity index (χ0n) is 35.9. The molecule has 0 spiro atoms. The fourth-order valence-corrected chi connectivity index (χ4v) is 13.5. The van der Waals surface area contributed by atoms with Crippen molar-refractivity contribution < 1.29 is 19.4 Å². The van der Waals surface area contributed by atoms with Gasteiger partial charge in [0.2, 0.25) is 0 Å². The molecule has 2 aromatic heterocycles. The summed E-state index contributed by atoms with van der Waals surface area (Å²) < 4.78 is 16.2. The van der Waals surface area contributed by atoms with Gasteiger partial charge in [-0.2, -0.15) is 5.10 Å². The lowest BCUT2D eigenvalue weighted by Gasteiger charge is -2.75. The Morgan fingerprint density at radius 2 is 1.78 bits per heavy atom. The molecular formula is C45H70N6O4. The number of ether oxygens (including phenoxy) is 2. The minimum absolute atomic E-state index is 0.158. The first kappa shape index (κ1) is 40.5. The Bertz CT molecular complexity index is 1800. The monoisotopic (exact) mass is 759 g/mol. The van der Waals surface area contributed by atoms with Crippen LogP contribution in [0.4, 0.5) is 0 Å². The number of hydrogen-bond donors (Lipinski definition) is 2. The summed E-state index contributed by atoms with van der Waals surface area (Å²) in [5.41, 5.74) is 6.82. The van der Waals surface area contributed by atoms with Crippen molar-refractivity contribution in [1.29, 1.82) is 0 Å². The van der Waals surface area contributed by atoms with E-state index in [0.29, 0.717) is 37.5 Å². The van der Waals surface area contributed by atoms with Gasteiger partial charge in [-0.15, -0.1) is 0 Å². The predicted octanol–water partition coefficient (Wildman–Crippen LogP) is 8.79. The van der Waals surface area contributed by atoms with Crippen molar-refractivity contribution in [3.63, 3.8) is 0 Å². The number of nitrogens with two attached hydrogens (primary N) is 1. The summed E-state index contributed by atoms with van der Waals surface area (Å²) in [6, 6.07) is 1.72. The number of carboxylic acids is 1. The van der Waals surface area contributed by atoms with Crippen LogP contribution in [0.5, 0.6) is 0 Å². The van der Waals surface area contributed by atoms with E-state index in [1.54, 1.807) is 18.9 Å². The van der Waals surface area contributed by atoms with Gasteiger partial charge in [-0.1, -0.05) is 87.8 Å². The van der Waals surface area contributed by atoms with Crippen LogP contribution < -0.4 is 5.73 Å². The molecule has 3 N–H and O–H groups in total. The number of allylic oxidation sites excluding steroid dienone is 1. The van der Waals surface area contributed by atoms with Crippen LogP contribution in [-0.2, 0) is 14.3 Å². The van der Waals surface area contributed by atoms with Gasteiger partial charge in [-0.05, 0) is 103 Å². The Morgan fingerprint density at radius 1 is 1.05 bits per heavy atom. The molecule has 10 heteroatoms. The molecule has 4 aliphatic carbocycles. The van der Waals surface area contributed by atoms with E-state index in [9.17, 15) is 9.90 Å². The van der Waals surface area contributed by atoms with Gasteiger partial charge in [-0.3, -0.25) is 4.79 Å². The van der Waals surface area contributed by atoms with Crippen molar-refractivity contribution in [2.45, 2.75) is 146 Å². The molecule has 10 nitrogen and oxygen atoms in total. The second-order valence-corrected chi connectivity index (χ2v) is 21.3. The van der Waals surface area contributed by atoms with Crippen molar-refractivity contribution >= 4 is 5.97 Å². The first-order valence-electron chi connectivity index (χ1n) is 21.2. The fraction of sp³-hybridized carbons (Fsp3) is 0.800. The number of carbonyl (C=O) groups is 1. The van der Waals surface area contributed by atoms with Crippen molar-refractivity contribution in [3.8, 4) is 11.5 Å². The van der Waals surface area contributed by atoms with Crippen LogP contribution in [0, 0.1) is 61.6 Å². The van der Waals surface area contributed by atoms with Gasteiger partial charge in [-0.25, -0.2) is 19.6 Å². The van der Waals surface area contributed by atoms with E-state index in [4.69, 9.17) is 25.3 Å². The minimum Gasteiger partial charge on any atom is -0.481 e. The summed E-state index contributed by atoms with van der Waals surface area (Å²) in [5.74, 6) is 0.620. The highest BCUT2D eigenvalue weighted by atomic mass is 16.5. The van der Waals surface area contributed by atoms with Gasteiger partial charge in [0.1, 0.15) is 18.3 Å². The van der Waals surface area contributed by atoms with Crippen LogP contribution in [0.3, 0.4) is 0 Å². The average molecular weight is 759 g/mol. The maximum Gasteiger partial charge on any atom is 0.307 e. The smallest absolute Gasteiger partial charge is 0.307 e. The number of hydrogen-bond acceptors (Lipinski definition) is 8. The highest BCUT2D eigenvalue weighted by molar-refractivity contribution is 5.73. The number of aromatic nitrogens is 5. The van der Waals surface area contributed by atoms with Gasteiger partial charge in [0.15, 0.2) is 5.82 Å². The van der Waals surface area contributed by atoms with Gasteiger partial charge < -0.3 is 20.3 Å². The molecular weight excluding hydrogens is 689 g/mol. The number of nitrogens with zero attached hydrogens (tertiary/aromatic N) is 5. The van der Waals surface area contributed by atoms with E-state index in [1.165, 1.54) is 5.57 Å². The summed E-state index contributed by atoms with van der Waals surface area (Å²) in [7, 11) is 0. The van der Waals surface area contributed by atoms with Crippen molar-refractivity contribution in [3.05, 3.63) is 36.6 Å². The number of fused-ring (bicyclic) bond motifs is 3. The molecule has 12 atom stereocenters. The summed E-state index contributed by atoms with van der Waals surface area (Å²) in [6.07, 6.45) is 13.6. The number of rotatable bonds is 9. The molecule has 0 amide bonds. The van der Waals surface area contributed by atoms with Crippen LogP contribution >= 0.6 is 0 Å². The van der Waals surface area contributed by atoms with E-state index in [2.05, 4.69) is 104 Å². The first-order chi connectivity index (χ1) is 25.6. The van der Waals surface area contributed by atoms with Crippen LogP contribution in [0.1, 0.15) is 134 Å². The molecule has 55 heavy (non-hydrogen) atoms. The van der Waals surface area contributed by atoms with Gasteiger partial charge in [0, 0.05) is 22.6 Å². The highest BCUT2D eigenvalue weighted by Gasteiger charge is 2.76. The lowest BCUT2D eigenvalue weighted by atomic mass is 9.31. The maximum absolute atomic E-state index is 13.8. The molecule has 0 aromatic carbocycles. The molecule has 0 radical (unpaired) electrons. The van der Waals surface area contributed by atoms with Crippen LogP contribution in [0.2, 0.25) is 0 Å². The van der Waals surface area contributed by atoms with Crippen molar-refractivity contribution in [1.82, 2.24) is 24.7 Å². The number of carboxylic acid groups (broad SMARTS) is 1. The third-order valence-corrected chi connectivity index (χ3v) is 18.3. The SMILES string of the molecule is CC[C@@]12CC=C3[C@H](CC[C@]4(C)[C@@]35COC[C@]4(C)[C@@H](OC[C@](C)(N)C(C)(C)C)[C@H](n3ncnc3-c3ccncn3)C5)[C@@]1(C)CC[C@](C)([C@H](C)C(C)C)[C@H]2C(=O)O. The van der Waals surface area contributed by atoms with Gasteiger partial charge in [0.05, 0.1) is 37.9 Å². The first-order valence-corrected chi connectivity index (χ1v) is 21.2. The molecule has 2 aromatic rings. The molecule has 4 fully saturated rings. The Hall–Kier alpha value is -2.69. The highest BCUT2D eigenvalue weighted by Crippen LogP contribution is 2.79. The third kappa shape index (κ3) is 5.38. The van der Waals surface area contributed by atoms with Crippen LogP contribution in [0.25, 0.3) is 11.5 Å². The molecule has 5 aliphatic rings. The molecule has 1 aliphatic heterocycles. The predicted molar refractivity (Wildman–Crippen MR) is 215 cm³/mol. The number of aliphatic carboxylic acids is 1. The fourth-order valence-electron chi connectivity index (χ4n) is 13.5. The third-order valence-electron chi connectivity index (χ3n) is 18.3. The zero-order chi connectivity index (χ0) is 40.2. The summed E-state index contributed by atoms with van der Waals surface area (Å²) in [6.45, 7) is 29.0. The summed E-state index contributed by atoms with van der Waals surface area (Å²) >= 11 is 0. The largest absolute Gasteiger partial charge is 0.481 e. The zero-order valence-corrected chi connectivity index (χ0v) is 35.9. The van der Waals surface area contributed by atoms with Crippen molar-refractivity contribution in [2.75, 3.05) is 19.8 Å². The van der Waals surface area contributed by atoms with Gasteiger partial charge >= 0.3 is 5.97 Å². The Balaban J connectivity index is 1.39. The second kappa shape index (κ2) is 13.2. The van der Waals surface area contributed by atoms with Gasteiger partial charge in [0.25, 0.3) is 0 Å². The Kier molecular flexibility index (Phi) is 9.70. The molecule has 3 heterocycles. The molecule has 2 bridgehead atoms.